The molecule has 0 spiro atoms. The molecule has 0 fully saturated rings. The van der Waals surface area contributed by atoms with Crippen LogP contribution in [0.5, 0.6) is 0 Å². The van der Waals surface area contributed by atoms with Crippen LogP contribution >= 0.6 is 11.3 Å². The molecule has 3 N–H and O–H groups in total. The summed E-state index contributed by atoms with van der Waals surface area (Å²) >= 11 is 1.74. The van der Waals surface area contributed by atoms with Gasteiger partial charge in [-0.2, -0.15) is 0 Å². The molecule has 0 saturated heterocycles. The maximum absolute atomic E-state index is 11.3. The summed E-state index contributed by atoms with van der Waals surface area (Å²) in [5.41, 5.74) is 6.76. The van der Waals surface area contributed by atoms with Gasteiger partial charge in [0, 0.05) is 11.2 Å². The first-order valence-corrected chi connectivity index (χ1v) is 6.55. The van der Waals surface area contributed by atoms with Crippen molar-refractivity contribution in [1.82, 2.24) is 5.32 Å². The van der Waals surface area contributed by atoms with Crippen LogP contribution in [0.3, 0.4) is 0 Å². The summed E-state index contributed by atoms with van der Waals surface area (Å²) < 4.78 is 1.29. The Morgan fingerprint density at radius 2 is 2.24 bits per heavy atom. The fourth-order valence-corrected chi connectivity index (χ4v) is 2.71. The van der Waals surface area contributed by atoms with Gasteiger partial charge in [-0.3, -0.25) is 4.79 Å². The molecule has 0 aliphatic carbocycles. The van der Waals surface area contributed by atoms with Crippen LogP contribution in [0, 0.1) is 0 Å². The molecule has 0 saturated carbocycles. The van der Waals surface area contributed by atoms with Gasteiger partial charge in [0.1, 0.15) is 0 Å². The second-order valence-electron chi connectivity index (χ2n) is 4.09. The zero-order valence-corrected chi connectivity index (χ0v) is 10.6. The molecule has 0 bridgehead atoms. The van der Waals surface area contributed by atoms with E-state index in [1.54, 1.807) is 18.3 Å². The van der Waals surface area contributed by atoms with Crippen LogP contribution < -0.4 is 11.1 Å². The fraction of sp³-hybridized carbons (Fsp3) is 0.308. The Kier molecular flexibility index (Phi) is 3.76. The van der Waals surface area contributed by atoms with Crippen molar-refractivity contribution >= 4 is 27.3 Å². The lowest BCUT2D eigenvalue weighted by atomic mass is 10.1. The first-order valence-electron chi connectivity index (χ1n) is 5.67. The van der Waals surface area contributed by atoms with Crippen molar-refractivity contribution in [3.05, 3.63) is 35.2 Å². The largest absolute Gasteiger partial charge is 0.354 e. The highest BCUT2D eigenvalue weighted by atomic mass is 32.1. The van der Waals surface area contributed by atoms with Crippen molar-refractivity contribution in [2.75, 3.05) is 6.54 Å². The van der Waals surface area contributed by atoms with E-state index in [0.717, 1.165) is 6.42 Å². The summed E-state index contributed by atoms with van der Waals surface area (Å²) in [5.74, 6) is -0.0930. The summed E-state index contributed by atoms with van der Waals surface area (Å²) in [6.45, 7) is 2.33. The number of nitrogens with two attached hydrogens (primary N) is 1. The highest BCUT2D eigenvalue weighted by Crippen LogP contribution is 2.25. The predicted molar refractivity (Wildman–Crippen MR) is 72.2 cm³/mol. The van der Waals surface area contributed by atoms with E-state index in [4.69, 9.17) is 5.73 Å². The number of fused-ring (bicyclic) bond motifs is 1. The minimum absolute atomic E-state index is 0.0930. The Labute approximate surface area is 105 Å². The van der Waals surface area contributed by atoms with E-state index in [9.17, 15) is 4.79 Å². The maximum Gasteiger partial charge on any atom is 0.236 e. The Hall–Kier alpha value is -1.39. The van der Waals surface area contributed by atoms with E-state index in [1.807, 2.05) is 12.1 Å². The van der Waals surface area contributed by atoms with Gasteiger partial charge in [0.15, 0.2) is 0 Å². The minimum Gasteiger partial charge on any atom is -0.354 e. The molecular formula is C13H16N2OS. The van der Waals surface area contributed by atoms with Crippen LogP contribution in [0.25, 0.3) is 10.1 Å². The number of amides is 1. The average Bonchev–Trinajstić information content (AvgIpc) is 2.72. The van der Waals surface area contributed by atoms with Crippen LogP contribution in [-0.4, -0.2) is 18.5 Å². The molecule has 2 rings (SSSR count). The van der Waals surface area contributed by atoms with Gasteiger partial charge in [-0.1, -0.05) is 18.2 Å². The molecule has 90 valence electrons. The minimum atomic E-state index is -0.436. The van der Waals surface area contributed by atoms with Crippen molar-refractivity contribution in [1.29, 1.82) is 0 Å². The average molecular weight is 248 g/mol. The molecule has 1 atom stereocenters. The molecule has 4 heteroatoms. The number of benzene rings is 1. The smallest absolute Gasteiger partial charge is 0.236 e. The van der Waals surface area contributed by atoms with Crippen molar-refractivity contribution in [2.24, 2.45) is 5.73 Å². The molecule has 2 aromatic rings. The lowest BCUT2D eigenvalue weighted by molar-refractivity contribution is -0.121. The Morgan fingerprint density at radius 3 is 3.00 bits per heavy atom. The highest BCUT2D eigenvalue weighted by molar-refractivity contribution is 7.17. The van der Waals surface area contributed by atoms with E-state index >= 15 is 0 Å². The van der Waals surface area contributed by atoms with Crippen LogP contribution in [0.2, 0.25) is 0 Å². The van der Waals surface area contributed by atoms with E-state index in [1.165, 1.54) is 15.6 Å². The van der Waals surface area contributed by atoms with Crippen LogP contribution in [0.15, 0.2) is 29.6 Å². The third-order valence-corrected chi connectivity index (χ3v) is 3.68. The van der Waals surface area contributed by atoms with Gasteiger partial charge in [-0.15, -0.1) is 11.3 Å². The van der Waals surface area contributed by atoms with Crippen molar-refractivity contribution in [3.8, 4) is 0 Å². The number of carbonyl (C=O) groups is 1. The van der Waals surface area contributed by atoms with Gasteiger partial charge < -0.3 is 11.1 Å². The van der Waals surface area contributed by atoms with Gasteiger partial charge in [0.05, 0.1) is 6.04 Å². The molecule has 0 radical (unpaired) electrons. The van der Waals surface area contributed by atoms with Gasteiger partial charge in [-0.25, -0.2) is 0 Å². The Morgan fingerprint density at radius 1 is 1.47 bits per heavy atom. The molecule has 3 nitrogen and oxygen atoms in total. The first-order chi connectivity index (χ1) is 8.18. The normalized spacial score (nSPS) is 12.6. The SMILES string of the molecule is CC(N)C(=O)NCCc1csc2ccccc12. The Bertz CT molecular complexity index is 519. The number of rotatable bonds is 4. The molecule has 1 heterocycles. The Balaban J connectivity index is 1.98. The third kappa shape index (κ3) is 2.84. The summed E-state index contributed by atoms with van der Waals surface area (Å²) in [4.78, 5) is 11.3. The summed E-state index contributed by atoms with van der Waals surface area (Å²) in [6.07, 6.45) is 0.850. The standard InChI is InChI=1S/C13H16N2OS/c1-9(14)13(16)15-7-6-10-8-17-12-5-3-2-4-11(10)12/h2-5,8-9H,6-7,14H2,1H3,(H,15,16). The van der Waals surface area contributed by atoms with Crippen LogP contribution in [0.4, 0.5) is 0 Å². The van der Waals surface area contributed by atoms with Crippen molar-refractivity contribution in [3.63, 3.8) is 0 Å². The van der Waals surface area contributed by atoms with E-state index in [-0.39, 0.29) is 5.91 Å². The second-order valence-corrected chi connectivity index (χ2v) is 5.00. The van der Waals surface area contributed by atoms with Gasteiger partial charge in [0.2, 0.25) is 5.91 Å². The highest BCUT2D eigenvalue weighted by Gasteiger charge is 2.07. The van der Waals surface area contributed by atoms with E-state index in [0.29, 0.717) is 6.54 Å². The lowest BCUT2D eigenvalue weighted by Crippen LogP contribution is -2.39. The topological polar surface area (TPSA) is 55.1 Å². The lowest BCUT2D eigenvalue weighted by Gasteiger charge is -2.06. The third-order valence-electron chi connectivity index (χ3n) is 2.67. The number of hydrogen-bond acceptors (Lipinski definition) is 3. The number of carbonyl (C=O) groups excluding carboxylic acids is 1. The molecule has 0 aliphatic rings. The molecule has 1 aromatic carbocycles. The zero-order chi connectivity index (χ0) is 12.3. The van der Waals surface area contributed by atoms with Crippen molar-refractivity contribution < 1.29 is 4.79 Å². The quantitative estimate of drug-likeness (QED) is 0.868. The number of hydrogen-bond donors (Lipinski definition) is 2. The predicted octanol–water partition coefficient (Wildman–Crippen LogP) is 1.91. The van der Waals surface area contributed by atoms with Crippen molar-refractivity contribution in [2.45, 2.75) is 19.4 Å². The summed E-state index contributed by atoms with van der Waals surface area (Å²) in [7, 11) is 0. The zero-order valence-electron chi connectivity index (χ0n) is 9.77. The second kappa shape index (κ2) is 5.29. The summed E-state index contributed by atoms with van der Waals surface area (Å²) in [5, 5.41) is 6.27. The molecule has 1 aromatic heterocycles. The molecule has 17 heavy (non-hydrogen) atoms. The maximum atomic E-state index is 11.3. The molecule has 1 amide bonds. The monoisotopic (exact) mass is 248 g/mol. The molecule has 0 aliphatic heterocycles. The van der Waals surface area contributed by atoms with E-state index < -0.39 is 6.04 Å². The number of nitrogens with one attached hydrogen (secondary N) is 1. The summed E-state index contributed by atoms with van der Waals surface area (Å²) in [6, 6.07) is 7.88. The molecular weight excluding hydrogens is 232 g/mol. The van der Waals surface area contributed by atoms with Gasteiger partial charge >= 0.3 is 0 Å². The fourth-order valence-electron chi connectivity index (χ4n) is 1.71. The van der Waals surface area contributed by atoms with Gasteiger partial charge in [-0.05, 0) is 35.7 Å². The van der Waals surface area contributed by atoms with Crippen LogP contribution in [-0.2, 0) is 11.2 Å². The van der Waals surface area contributed by atoms with Crippen LogP contribution in [0.1, 0.15) is 12.5 Å². The number of thiophene rings is 1. The van der Waals surface area contributed by atoms with Gasteiger partial charge in [0.25, 0.3) is 0 Å². The molecule has 1 unspecified atom stereocenters. The first kappa shape index (κ1) is 12.1. The van der Waals surface area contributed by atoms with E-state index in [2.05, 4.69) is 22.8 Å².